The number of hydrogen-bond acceptors (Lipinski definition) is 6. The molecule has 0 radical (unpaired) electrons. The minimum atomic E-state index is -0.514. The number of methoxy groups -OCH3 is 1. The van der Waals surface area contributed by atoms with E-state index in [1.807, 2.05) is 123 Å². The lowest BCUT2D eigenvalue weighted by atomic mass is 9.90. The number of para-hydroxylation sites is 2. The van der Waals surface area contributed by atoms with Crippen molar-refractivity contribution in [2.75, 3.05) is 7.11 Å². The summed E-state index contributed by atoms with van der Waals surface area (Å²) >= 11 is 0. The second-order valence-electron chi connectivity index (χ2n) is 10.1. The first kappa shape index (κ1) is 29.4. The van der Waals surface area contributed by atoms with Gasteiger partial charge in [-0.3, -0.25) is 0 Å². The van der Waals surface area contributed by atoms with Crippen LogP contribution in [0.2, 0.25) is 0 Å². The quantitative estimate of drug-likeness (QED) is 0.112. The van der Waals surface area contributed by atoms with Crippen LogP contribution in [0.5, 0.6) is 23.0 Å². The standard InChI is InChI=1S/C36H30O6P2/c1-23-12-4-10-18-30(23)39-43-41-32-21-20-25-14-6-8-16-27(25)33(32)34-28-17-9-7-15-26(28)22-29(36(37)38-3)35(34)42-44-40-31-19-11-5-13-24(31)2/h4-22,43-44H,1-3H3. The van der Waals surface area contributed by atoms with E-state index in [-0.39, 0.29) is 9.03 Å². The van der Waals surface area contributed by atoms with E-state index in [4.69, 9.17) is 22.8 Å². The Kier molecular flexibility index (Phi) is 8.93. The van der Waals surface area contributed by atoms with Crippen LogP contribution >= 0.6 is 18.1 Å². The van der Waals surface area contributed by atoms with Crippen LogP contribution in [0, 0.1) is 13.8 Å². The summed E-state index contributed by atoms with van der Waals surface area (Å²) in [4.78, 5) is 13.3. The van der Waals surface area contributed by atoms with E-state index in [9.17, 15) is 4.79 Å². The van der Waals surface area contributed by atoms with Crippen molar-refractivity contribution in [3.05, 3.63) is 132 Å². The molecule has 6 rings (SSSR count). The van der Waals surface area contributed by atoms with Crippen molar-refractivity contribution in [3.8, 4) is 34.1 Å². The zero-order valence-corrected chi connectivity index (χ0v) is 26.4. The average molecular weight is 621 g/mol. The summed E-state index contributed by atoms with van der Waals surface area (Å²) < 4.78 is 30.2. The van der Waals surface area contributed by atoms with Gasteiger partial charge in [-0.25, -0.2) is 4.79 Å². The van der Waals surface area contributed by atoms with Crippen LogP contribution in [0.1, 0.15) is 21.5 Å². The maximum Gasteiger partial charge on any atom is 0.341 e. The molecule has 6 aromatic rings. The molecule has 0 saturated carbocycles. The zero-order chi connectivity index (χ0) is 30.5. The Morgan fingerprint density at radius 2 is 1.07 bits per heavy atom. The SMILES string of the molecule is COC(=O)c1cc2ccccc2c(-c2c(OPOc3ccccc3C)ccc3ccccc23)c1OPOc1ccccc1C. The first-order valence-electron chi connectivity index (χ1n) is 14.0. The van der Waals surface area contributed by atoms with Gasteiger partial charge >= 0.3 is 5.97 Å². The van der Waals surface area contributed by atoms with Gasteiger partial charge in [0.15, 0.2) is 0 Å². The Morgan fingerprint density at radius 3 is 1.70 bits per heavy atom. The van der Waals surface area contributed by atoms with Gasteiger partial charge in [-0.2, -0.15) is 0 Å². The Morgan fingerprint density at radius 1 is 0.545 bits per heavy atom. The third kappa shape index (κ3) is 6.05. The molecule has 0 aliphatic heterocycles. The van der Waals surface area contributed by atoms with Crippen LogP contribution < -0.4 is 18.1 Å². The van der Waals surface area contributed by atoms with Crippen LogP contribution in [0.4, 0.5) is 0 Å². The molecule has 2 atom stereocenters. The second-order valence-corrected chi connectivity index (χ2v) is 11.3. The van der Waals surface area contributed by atoms with Crippen molar-refractivity contribution in [3.63, 3.8) is 0 Å². The van der Waals surface area contributed by atoms with Crippen molar-refractivity contribution < 1.29 is 27.6 Å². The molecule has 6 aromatic carbocycles. The maximum absolute atomic E-state index is 13.3. The molecule has 0 bridgehead atoms. The summed E-state index contributed by atoms with van der Waals surface area (Å²) in [6, 6.07) is 37.2. The van der Waals surface area contributed by atoms with Gasteiger partial charge in [-0.1, -0.05) is 91.0 Å². The van der Waals surface area contributed by atoms with E-state index >= 15 is 0 Å². The number of aryl methyl sites for hydroxylation is 2. The Hall–Kier alpha value is -4.63. The van der Waals surface area contributed by atoms with Gasteiger partial charge in [0, 0.05) is 11.1 Å². The summed E-state index contributed by atoms with van der Waals surface area (Å²) in [5.74, 6) is 1.89. The van der Waals surface area contributed by atoms with Crippen LogP contribution in [0.25, 0.3) is 32.7 Å². The smallest absolute Gasteiger partial charge is 0.341 e. The highest BCUT2D eigenvalue weighted by atomic mass is 31.1. The van der Waals surface area contributed by atoms with Crippen molar-refractivity contribution in [2.24, 2.45) is 0 Å². The van der Waals surface area contributed by atoms with Crippen molar-refractivity contribution in [1.29, 1.82) is 0 Å². The normalized spacial score (nSPS) is 11.4. The van der Waals surface area contributed by atoms with Crippen molar-refractivity contribution in [2.45, 2.75) is 13.8 Å². The van der Waals surface area contributed by atoms with E-state index in [2.05, 4.69) is 0 Å². The van der Waals surface area contributed by atoms with E-state index in [1.54, 1.807) is 6.07 Å². The molecule has 8 heteroatoms. The Bertz CT molecular complexity index is 1970. The summed E-state index contributed by atoms with van der Waals surface area (Å²) in [6.45, 7) is 3.97. The number of carbonyl (C=O) groups is 1. The largest absolute Gasteiger partial charge is 0.465 e. The van der Waals surface area contributed by atoms with Crippen molar-refractivity contribution >= 4 is 45.6 Å². The molecule has 0 saturated heterocycles. The first-order chi connectivity index (χ1) is 21.5. The third-order valence-electron chi connectivity index (χ3n) is 7.33. The summed E-state index contributed by atoms with van der Waals surface area (Å²) in [5.41, 5.74) is 3.78. The topological polar surface area (TPSA) is 63.2 Å². The summed E-state index contributed by atoms with van der Waals surface area (Å²) in [7, 11) is 0.621. The molecule has 220 valence electrons. The van der Waals surface area contributed by atoms with Gasteiger partial charge < -0.3 is 22.8 Å². The molecule has 44 heavy (non-hydrogen) atoms. The predicted molar refractivity (Wildman–Crippen MR) is 180 cm³/mol. The fourth-order valence-corrected chi connectivity index (χ4v) is 6.37. The molecule has 6 nitrogen and oxygen atoms in total. The molecule has 2 unspecified atom stereocenters. The van der Waals surface area contributed by atoms with Crippen LogP contribution in [-0.4, -0.2) is 13.1 Å². The molecule has 0 heterocycles. The van der Waals surface area contributed by atoms with Crippen LogP contribution in [-0.2, 0) is 4.74 Å². The van der Waals surface area contributed by atoms with E-state index in [0.717, 1.165) is 44.0 Å². The molecule has 0 aromatic heterocycles. The molecule has 0 spiro atoms. The molecular formula is C36H30O6P2. The maximum atomic E-state index is 13.3. The highest BCUT2D eigenvalue weighted by molar-refractivity contribution is 7.27. The Balaban J connectivity index is 1.52. The Labute approximate surface area is 259 Å². The fraction of sp³-hybridized carbons (Fsp3) is 0.0833. The fourth-order valence-electron chi connectivity index (χ4n) is 5.10. The molecule has 0 N–H and O–H groups in total. The average Bonchev–Trinajstić information content (AvgIpc) is 3.05. The molecule has 0 amide bonds. The predicted octanol–water partition coefficient (Wildman–Crippen LogP) is 10.00. The van der Waals surface area contributed by atoms with Crippen molar-refractivity contribution in [1.82, 2.24) is 0 Å². The number of esters is 1. The number of fused-ring (bicyclic) bond motifs is 2. The van der Waals surface area contributed by atoms with Gasteiger partial charge in [-0.15, -0.1) is 0 Å². The van der Waals surface area contributed by atoms with Gasteiger partial charge in [0.2, 0.25) is 0 Å². The lowest BCUT2D eigenvalue weighted by molar-refractivity contribution is 0.0599. The summed E-state index contributed by atoms with van der Waals surface area (Å²) in [5, 5.41) is 3.69. The monoisotopic (exact) mass is 620 g/mol. The number of carbonyl (C=O) groups excluding carboxylic acids is 1. The minimum Gasteiger partial charge on any atom is -0.465 e. The van der Waals surface area contributed by atoms with E-state index < -0.39 is 15.0 Å². The first-order valence-corrected chi connectivity index (χ1v) is 15.6. The third-order valence-corrected chi connectivity index (χ3v) is 8.53. The molecule has 0 aliphatic carbocycles. The molecule has 0 fully saturated rings. The second kappa shape index (κ2) is 13.3. The lowest BCUT2D eigenvalue weighted by Crippen LogP contribution is -2.06. The lowest BCUT2D eigenvalue weighted by Gasteiger charge is -2.21. The highest BCUT2D eigenvalue weighted by Crippen LogP contribution is 2.49. The van der Waals surface area contributed by atoms with Gasteiger partial charge in [0.25, 0.3) is 18.1 Å². The number of benzene rings is 6. The van der Waals surface area contributed by atoms with Gasteiger partial charge in [0.05, 0.1) is 7.11 Å². The number of hydrogen-bond donors (Lipinski definition) is 0. The minimum absolute atomic E-state index is 0.291. The number of rotatable bonds is 10. The highest BCUT2D eigenvalue weighted by Gasteiger charge is 2.26. The van der Waals surface area contributed by atoms with Crippen LogP contribution in [0.15, 0.2) is 115 Å². The number of ether oxygens (including phenoxy) is 1. The summed E-state index contributed by atoms with van der Waals surface area (Å²) in [6.07, 6.45) is 0. The van der Waals surface area contributed by atoms with E-state index in [1.165, 1.54) is 7.11 Å². The van der Waals surface area contributed by atoms with Gasteiger partial charge in [0.1, 0.15) is 28.6 Å². The molecule has 0 aliphatic rings. The van der Waals surface area contributed by atoms with Crippen LogP contribution in [0.3, 0.4) is 0 Å². The molecular weight excluding hydrogens is 590 g/mol. The van der Waals surface area contributed by atoms with Gasteiger partial charge in [-0.05, 0) is 70.8 Å². The van der Waals surface area contributed by atoms with E-state index in [0.29, 0.717) is 28.4 Å². The zero-order valence-electron chi connectivity index (χ0n) is 24.4.